The third kappa shape index (κ3) is 3.37. The van der Waals surface area contributed by atoms with Gasteiger partial charge in [0, 0.05) is 12.1 Å². The van der Waals surface area contributed by atoms with Crippen molar-refractivity contribution in [3.63, 3.8) is 0 Å². The van der Waals surface area contributed by atoms with Crippen molar-refractivity contribution in [1.29, 1.82) is 0 Å². The topological polar surface area (TPSA) is 78.2 Å². The van der Waals surface area contributed by atoms with Crippen molar-refractivity contribution in [2.24, 2.45) is 0 Å². The molecule has 0 aliphatic rings. The Morgan fingerprint density at radius 1 is 1.19 bits per heavy atom. The van der Waals surface area contributed by atoms with Crippen LogP contribution in [0.25, 0.3) is 0 Å². The predicted octanol–water partition coefficient (Wildman–Crippen LogP) is 3.85. The summed E-state index contributed by atoms with van der Waals surface area (Å²) in [5.74, 6) is -0.830. The minimum atomic E-state index is -4.78. The summed E-state index contributed by atoms with van der Waals surface area (Å²) in [7, 11) is 0. The van der Waals surface area contributed by atoms with Gasteiger partial charge < -0.3 is 4.74 Å². The van der Waals surface area contributed by atoms with Gasteiger partial charge in [0.05, 0.1) is 4.92 Å². The number of alkyl halides is 3. The third-order valence-electron chi connectivity index (χ3n) is 2.30. The van der Waals surface area contributed by atoms with Crippen molar-refractivity contribution in [3.8, 4) is 11.5 Å². The molecule has 1 aromatic carbocycles. The summed E-state index contributed by atoms with van der Waals surface area (Å²) in [6.07, 6.45) is -4.11. The first-order chi connectivity index (χ1) is 9.79. The van der Waals surface area contributed by atoms with Crippen molar-refractivity contribution < 1.29 is 22.8 Å². The van der Waals surface area contributed by atoms with Crippen molar-refractivity contribution in [1.82, 2.24) is 9.97 Å². The van der Waals surface area contributed by atoms with E-state index in [9.17, 15) is 23.3 Å². The van der Waals surface area contributed by atoms with E-state index in [1.165, 1.54) is 0 Å². The normalized spacial score (nSPS) is 11.2. The van der Waals surface area contributed by atoms with Crippen LogP contribution in [0.2, 0.25) is 5.15 Å². The second kappa shape index (κ2) is 5.52. The van der Waals surface area contributed by atoms with E-state index in [4.69, 9.17) is 16.3 Å². The van der Waals surface area contributed by atoms with E-state index in [-0.39, 0.29) is 11.4 Å². The molecular formula is C11H5ClF3N3O3. The average molecular weight is 320 g/mol. The highest BCUT2D eigenvalue weighted by Gasteiger charge is 2.38. The number of rotatable bonds is 3. The second-order valence-corrected chi connectivity index (χ2v) is 4.05. The van der Waals surface area contributed by atoms with Crippen LogP contribution in [-0.2, 0) is 6.18 Å². The molecule has 0 amide bonds. The first-order valence-corrected chi connectivity index (χ1v) is 5.67. The van der Waals surface area contributed by atoms with Gasteiger partial charge >= 0.3 is 6.18 Å². The molecule has 0 bridgehead atoms. The molecule has 0 aliphatic heterocycles. The molecule has 110 valence electrons. The van der Waals surface area contributed by atoms with Crippen LogP contribution in [-0.4, -0.2) is 14.9 Å². The van der Waals surface area contributed by atoms with Gasteiger partial charge in [0.15, 0.2) is 16.6 Å². The monoisotopic (exact) mass is 319 g/mol. The first-order valence-electron chi connectivity index (χ1n) is 5.29. The maximum Gasteiger partial charge on any atom is 0.437 e. The molecule has 1 heterocycles. The molecule has 0 atom stereocenters. The molecule has 0 radical (unpaired) electrons. The summed E-state index contributed by atoms with van der Waals surface area (Å²) in [6, 6.07) is 4.45. The number of halogens is 4. The maximum atomic E-state index is 12.8. The number of benzene rings is 1. The van der Waals surface area contributed by atoms with Crippen molar-refractivity contribution in [2.45, 2.75) is 6.18 Å². The van der Waals surface area contributed by atoms with E-state index in [1.54, 1.807) is 0 Å². The van der Waals surface area contributed by atoms with E-state index in [0.717, 1.165) is 24.3 Å². The summed E-state index contributed by atoms with van der Waals surface area (Å²) in [5.41, 5.74) is -1.56. The molecule has 0 unspecified atom stereocenters. The highest BCUT2D eigenvalue weighted by Crippen LogP contribution is 2.39. The lowest BCUT2D eigenvalue weighted by Gasteiger charge is -2.12. The quantitative estimate of drug-likeness (QED) is 0.488. The van der Waals surface area contributed by atoms with Crippen molar-refractivity contribution in [2.75, 3.05) is 0 Å². The molecule has 0 N–H and O–H groups in total. The standard InChI is InChI=1S/C11H5ClF3N3O3/c12-10-8(9(11(13,14)15)16-5-17-10)21-7-3-1-6(2-4-7)18(19)20/h1-5H. The fourth-order valence-corrected chi connectivity index (χ4v) is 1.57. The summed E-state index contributed by atoms with van der Waals surface area (Å²) in [5, 5.41) is 9.97. The molecule has 2 rings (SSSR count). The molecule has 0 aliphatic carbocycles. The Bertz CT molecular complexity index is 677. The van der Waals surface area contributed by atoms with E-state index < -0.39 is 27.7 Å². The van der Waals surface area contributed by atoms with E-state index >= 15 is 0 Å². The SMILES string of the molecule is O=[N+]([O-])c1ccc(Oc2c(Cl)ncnc2C(F)(F)F)cc1. The number of non-ortho nitro benzene ring substituents is 1. The number of aromatic nitrogens is 2. The number of nitro groups is 1. The van der Waals surface area contributed by atoms with Gasteiger partial charge in [-0.3, -0.25) is 10.1 Å². The molecule has 10 heteroatoms. The van der Waals surface area contributed by atoms with Gasteiger partial charge in [0.2, 0.25) is 0 Å². The molecule has 0 spiro atoms. The van der Waals surface area contributed by atoms with Gasteiger partial charge in [0.25, 0.3) is 5.69 Å². The van der Waals surface area contributed by atoms with Gasteiger partial charge in [-0.15, -0.1) is 0 Å². The van der Waals surface area contributed by atoms with Crippen molar-refractivity contribution >= 4 is 17.3 Å². The zero-order valence-corrected chi connectivity index (χ0v) is 10.7. The van der Waals surface area contributed by atoms with Gasteiger partial charge in [-0.1, -0.05) is 11.6 Å². The first kappa shape index (κ1) is 15.0. The molecule has 0 fully saturated rings. The van der Waals surface area contributed by atoms with Crippen LogP contribution >= 0.6 is 11.6 Å². The lowest BCUT2D eigenvalue weighted by Crippen LogP contribution is -2.10. The van der Waals surface area contributed by atoms with Gasteiger partial charge in [-0.2, -0.15) is 13.2 Å². The molecule has 1 aromatic heterocycles. The van der Waals surface area contributed by atoms with E-state index in [2.05, 4.69) is 9.97 Å². The third-order valence-corrected chi connectivity index (χ3v) is 2.57. The van der Waals surface area contributed by atoms with Gasteiger partial charge in [-0.25, -0.2) is 9.97 Å². The summed E-state index contributed by atoms with van der Waals surface area (Å²) >= 11 is 5.58. The van der Waals surface area contributed by atoms with Crippen LogP contribution in [0.3, 0.4) is 0 Å². The Morgan fingerprint density at radius 3 is 2.33 bits per heavy atom. The smallest absolute Gasteiger partial charge is 0.437 e. The van der Waals surface area contributed by atoms with Crippen LogP contribution in [0.1, 0.15) is 5.69 Å². The largest absolute Gasteiger partial charge is 0.452 e. The molecule has 0 saturated heterocycles. The summed E-state index contributed by atoms with van der Waals surface area (Å²) < 4.78 is 43.4. The molecule has 21 heavy (non-hydrogen) atoms. The van der Waals surface area contributed by atoms with Crippen LogP contribution in [0.5, 0.6) is 11.5 Å². The molecule has 6 nitrogen and oxygen atoms in total. The maximum absolute atomic E-state index is 12.8. The fraction of sp³-hybridized carbons (Fsp3) is 0.0909. The minimum Gasteiger partial charge on any atom is -0.452 e. The zero-order chi connectivity index (χ0) is 15.6. The number of ether oxygens (including phenoxy) is 1. The van der Waals surface area contributed by atoms with Gasteiger partial charge in [-0.05, 0) is 12.1 Å². The van der Waals surface area contributed by atoms with E-state index in [0.29, 0.717) is 6.33 Å². The predicted molar refractivity (Wildman–Crippen MR) is 65.2 cm³/mol. The van der Waals surface area contributed by atoms with Crippen LogP contribution in [0, 0.1) is 10.1 Å². The summed E-state index contributed by atoms with van der Waals surface area (Å²) in [6.45, 7) is 0. The van der Waals surface area contributed by atoms with E-state index in [1.807, 2.05) is 0 Å². The highest BCUT2D eigenvalue weighted by atomic mass is 35.5. The lowest BCUT2D eigenvalue weighted by molar-refractivity contribution is -0.384. The van der Waals surface area contributed by atoms with Crippen molar-refractivity contribution in [3.05, 3.63) is 51.6 Å². The Balaban J connectivity index is 2.37. The van der Waals surface area contributed by atoms with Crippen LogP contribution in [0.15, 0.2) is 30.6 Å². The Labute approximate surface area is 120 Å². The molecule has 2 aromatic rings. The number of hydrogen-bond acceptors (Lipinski definition) is 5. The number of nitro benzene ring substituents is 1. The fourth-order valence-electron chi connectivity index (χ4n) is 1.40. The minimum absolute atomic E-state index is 0.0669. The van der Waals surface area contributed by atoms with Gasteiger partial charge in [0.1, 0.15) is 12.1 Å². The second-order valence-electron chi connectivity index (χ2n) is 3.69. The van der Waals surface area contributed by atoms with Crippen LogP contribution in [0.4, 0.5) is 18.9 Å². The zero-order valence-electron chi connectivity index (χ0n) is 9.96. The Hall–Kier alpha value is -2.42. The highest BCUT2D eigenvalue weighted by molar-refractivity contribution is 6.30. The molecule has 0 saturated carbocycles. The molecular weight excluding hydrogens is 315 g/mol. The lowest BCUT2D eigenvalue weighted by atomic mass is 10.3. The number of nitrogens with zero attached hydrogens (tertiary/aromatic N) is 3. The number of hydrogen-bond donors (Lipinski definition) is 0. The Kier molecular flexibility index (Phi) is 3.94. The summed E-state index contributed by atoms with van der Waals surface area (Å²) in [4.78, 5) is 16.4. The Morgan fingerprint density at radius 2 is 1.81 bits per heavy atom. The average Bonchev–Trinajstić information content (AvgIpc) is 2.40. The van der Waals surface area contributed by atoms with Crippen LogP contribution < -0.4 is 4.74 Å².